The lowest BCUT2D eigenvalue weighted by atomic mass is 10.3. The van der Waals surface area contributed by atoms with Crippen molar-refractivity contribution in [3.05, 3.63) is 48.5 Å². The molecule has 2 aromatic rings. The highest BCUT2D eigenvalue weighted by Crippen LogP contribution is 2.28. The molecule has 0 aliphatic rings. The molecule has 17 heavy (non-hydrogen) atoms. The van der Waals surface area contributed by atoms with Crippen LogP contribution in [0.25, 0.3) is 0 Å². The van der Waals surface area contributed by atoms with E-state index in [1.54, 1.807) is 24.3 Å². The second-order valence-electron chi connectivity index (χ2n) is 3.18. The molecule has 0 spiro atoms. The average molecular weight is 396 g/mol. The minimum absolute atomic E-state index is 0.135. The lowest BCUT2D eigenvalue weighted by Gasteiger charge is -2.06. The maximum atomic E-state index is 11.9. The predicted octanol–water partition coefficient (Wildman–Crippen LogP) is 5.18. The highest BCUT2D eigenvalue weighted by Gasteiger charge is 2.10. The van der Waals surface area contributed by atoms with Gasteiger partial charge in [0, 0.05) is 9.50 Å². The molecule has 1 amide bonds. The maximum Gasteiger partial charge on any atom is 0.265 e. The van der Waals surface area contributed by atoms with Gasteiger partial charge in [-0.25, -0.2) is 0 Å². The number of carbonyl (C=O) groups excluding carboxylic acids is 1. The highest BCUT2D eigenvalue weighted by molar-refractivity contribution is 9.11. The van der Waals surface area contributed by atoms with E-state index in [1.807, 2.05) is 6.07 Å². The van der Waals surface area contributed by atoms with E-state index in [0.717, 1.165) is 8.26 Å². The van der Waals surface area contributed by atoms with Gasteiger partial charge < -0.3 is 5.32 Å². The van der Waals surface area contributed by atoms with Crippen molar-refractivity contribution in [2.75, 3.05) is 5.32 Å². The molecule has 1 aromatic heterocycles. The summed E-state index contributed by atoms with van der Waals surface area (Å²) >= 11 is 13.9. The monoisotopic (exact) mass is 393 g/mol. The first-order valence-electron chi connectivity index (χ1n) is 4.58. The molecule has 0 aliphatic heterocycles. The van der Waals surface area contributed by atoms with Crippen LogP contribution >= 0.6 is 54.8 Å². The summed E-state index contributed by atoms with van der Waals surface area (Å²) in [5.41, 5.74) is 0.698. The zero-order valence-corrected chi connectivity index (χ0v) is 13.1. The Morgan fingerprint density at radius 2 is 2.00 bits per heavy atom. The van der Waals surface area contributed by atoms with Gasteiger partial charge in [-0.2, -0.15) is 0 Å². The molecule has 0 radical (unpaired) electrons. The van der Waals surface area contributed by atoms with Crippen LogP contribution in [0.5, 0.6) is 0 Å². The van der Waals surface area contributed by atoms with Crippen molar-refractivity contribution >= 4 is 66.4 Å². The van der Waals surface area contributed by atoms with Gasteiger partial charge >= 0.3 is 0 Å². The van der Waals surface area contributed by atoms with Crippen LogP contribution in [0, 0.1) is 0 Å². The Morgan fingerprint density at radius 3 is 2.59 bits per heavy atom. The summed E-state index contributed by atoms with van der Waals surface area (Å²) in [6.45, 7) is 0. The molecule has 0 saturated heterocycles. The van der Waals surface area contributed by atoms with Crippen LogP contribution in [0.4, 0.5) is 5.69 Å². The summed E-state index contributed by atoms with van der Waals surface area (Å²) in [4.78, 5) is 12.5. The van der Waals surface area contributed by atoms with Crippen molar-refractivity contribution < 1.29 is 4.79 Å². The molecule has 1 N–H and O–H groups in total. The Balaban J connectivity index is 2.18. The molecule has 6 heteroatoms. The van der Waals surface area contributed by atoms with Crippen molar-refractivity contribution in [3.63, 3.8) is 0 Å². The average Bonchev–Trinajstić information content (AvgIpc) is 2.69. The van der Waals surface area contributed by atoms with Crippen LogP contribution in [-0.2, 0) is 0 Å². The smallest absolute Gasteiger partial charge is 0.265 e. The molecule has 0 fully saturated rings. The first-order chi connectivity index (χ1) is 8.06. The van der Waals surface area contributed by atoms with Crippen LogP contribution in [0.3, 0.4) is 0 Å². The molecule has 0 unspecified atom stereocenters. The number of nitrogens with one attached hydrogen (secondary N) is 1. The van der Waals surface area contributed by atoms with E-state index >= 15 is 0 Å². The molecule has 2 nitrogen and oxygen atoms in total. The number of rotatable bonds is 2. The van der Waals surface area contributed by atoms with Crippen molar-refractivity contribution in [1.29, 1.82) is 0 Å². The number of hydrogen-bond acceptors (Lipinski definition) is 2. The van der Waals surface area contributed by atoms with Crippen LogP contribution in [0.15, 0.2) is 38.6 Å². The molecular weight excluding hydrogens is 389 g/mol. The van der Waals surface area contributed by atoms with Gasteiger partial charge in [-0.05, 0) is 62.2 Å². The number of benzene rings is 1. The topological polar surface area (TPSA) is 29.1 Å². The van der Waals surface area contributed by atoms with E-state index in [0.29, 0.717) is 15.6 Å². The maximum absolute atomic E-state index is 11.9. The minimum atomic E-state index is -0.135. The summed E-state index contributed by atoms with van der Waals surface area (Å²) in [7, 11) is 0. The third-order valence-corrected chi connectivity index (χ3v) is 4.49. The number of amides is 1. The van der Waals surface area contributed by atoms with Gasteiger partial charge in [0.15, 0.2) is 0 Å². The van der Waals surface area contributed by atoms with E-state index in [9.17, 15) is 4.79 Å². The van der Waals surface area contributed by atoms with Gasteiger partial charge in [-0.15, -0.1) is 11.3 Å². The van der Waals surface area contributed by atoms with E-state index in [1.165, 1.54) is 11.3 Å². The molecule has 88 valence electrons. The highest BCUT2D eigenvalue weighted by atomic mass is 79.9. The third kappa shape index (κ3) is 3.31. The first-order valence-corrected chi connectivity index (χ1v) is 7.36. The summed E-state index contributed by atoms with van der Waals surface area (Å²) in [6, 6.07) is 8.84. The Bertz CT molecular complexity index is 570. The largest absolute Gasteiger partial charge is 0.320 e. The summed E-state index contributed by atoms with van der Waals surface area (Å²) in [5, 5.41) is 3.43. The van der Waals surface area contributed by atoms with Gasteiger partial charge in [0.1, 0.15) is 0 Å². The minimum Gasteiger partial charge on any atom is -0.320 e. The predicted molar refractivity (Wildman–Crippen MR) is 79.1 cm³/mol. The number of anilines is 1. The van der Waals surface area contributed by atoms with Gasteiger partial charge in [-0.1, -0.05) is 11.6 Å². The lowest BCUT2D eigenvalue weighted by molar-refractivity contribution is 0.103. The summed E-state index contributed by atoms with van der Waals surface area (Å²) < 4.78 is 1.69. The Hall–Kier alpha value is -0.360. The zero-order chi connectivity index (χ0) is 12.4. The third-order valence-electron chi connectivity index (χ3n) is 1.98. The zero-order valence-electron chi connectivity index (χ0n) is 8.34. The summed E-state index contributed by atoms with van der Waals surface area (Å²) in [5.74, 6) is -0.135. The van der Waals surface area contributed by atoms with Gasteiger partial charge in [0.25, 0.3) is 5.91 Å². The molecular formula is C11H6Br2ClNOS. The number of hydrogen-bond donors (Lipinski definition) is 1. The molecule has 0 aliphatic carbocycles. The second-order valence-corrected chi connectivity index (χ2v) is 6.94. The normalized spacial score (nSPS) is 10.3. The fourth-order valence-electron chi connectivity index (χ4n) is 1.21. The van der Waals surface area contributed by atoms with Crippen LogP contribution in [0.2, 0.25) is 5.02 Å². The number of halogens is 3. The van der Waals surface area contributed by atoms with E-state index in [2.05, 4.69) is 37.2 Å². The Morgan fingerprint density at radius 1 is 1.24 bits per heavy atom. The molecule has 0 atom stereocenters. The fraction of sp³-hybridized carbons (Fsp3) is 0. The molecule has 0 bridgehead atoms. The van der Waals surface area contributed by atoms with Crippen LogP contribution < -0.4 is 5.32 Å². The van der Waals surface area contributed by atoms with E-state index in [-0.39, 0.29) is 5.91 Å². The quantitative estimate of drug-likeness (QED) is 0.746. The Labute approximate surface area is 124 Å². The molecule has 1 aromatic carbocycles. The second kappa shape index (κ2) is 5.52. The molecule has 0 saturated carbocycles. The SMILES string of the molecule is O=C(Nc1ccc(Cl)cc1Br)c1ccc(Br)s1. The fourth-order valence-corrected chi connectivity index (χ4v) is 3.27. The lowest BCUT2D eigenvalue weighted by Crippen LogP contribution is -2.10. The van der Waals surface area contributed by atoms with Gasteiger partial charge in [-0.3, -0.25) is 4.79 Å². The van der Waals surface area contributed by atoms with Crippen LogP contribution in [0.1, 0.15) is 9.67 Å². The standard InChI is InChI=1S/C11H6Br2ClNOS/c12-7-5-6(14)1-2-8(7)15-11(16)9-3-4-10(13)17-9/h1-5H,(H,15,16). The van der Waals surface area contributed by atoms with Crippen molar-refractivity contribution in [2.45, 2.75) is 0 Å². The van der Waals surface area contributed by atoms with Crippen LogP contribution in [-0.4, -0.2) is 5.91 Å². The Kier molecular flexibility index (Phi) is 4.25. The number of carbonyl (C=O) groups is 1. The van der Waals surface area contributed by atoms with Gasteiger partial charge in [0.2, 0.25) is 0 Å². The van der Waals surface area contributed by atoms with E-state index in [4.69, 9.17) is 11.6 Å². The molecule has 1 heterocycles. The van der Waals surface area contributed by atoms with Crippen molar-refractivity contribution in [3.8, 4) is 0 Å². The van der Waals surface area contributed by atoms with Gasteiger partial charge in [0.05, 0.1) is 14.4 Å². The van der Waals surface area contributed by atoms with Crippen molar-refractivity contribution in [1.82, 2.24) is 0 Å². The summed E-state index contributed by atoms with van der Waals surface area (Å²) in [6.07, 6.45) is 0. The first kappa shape index (κ1) is 13.1. The van der Waals surface area contributed by atoms with Crippen molar-refractivity contribution in [2.24, 2.45) is 0 Å². The molecule has 2 rings (SSSR count). The number of thiophene rings is 1. The van der Waals surface area contributed by atoms with E-state index < -0.39 is 0 Å².